The maximum atomic E-state index is 12.4. The van der Waals surface area contributed by atoms with E-state index in [4.69, 9.17) is 4.74 Å². The van der Waals surface area contributed by atoms with Gasteiger partial charge in [-0.15, -0.1) is 0 Å². The molecule has 2 aromatic heterocycles. The lowest BCUT2D eigenvalue weighted by Crippen LogP contribution is -2.39. The van der Waals surface area contributed by atoms with Crippen LogP contribution in [-0.2, 0) is 17.1 Å². The molecule has 0 unspecified atom stereocenters. The molecule has 7 nitrogen and oxygen atoms in total. The van der Waals surface area contributed by atoms with Crippen molar-refractivity contribution in [3.05, 3.63) is 49.1 Å². The summed E-state index contributed by atoms with van der Waals surface area (Å²) in [4.78, 5) is 8.24. The lowest BCUT2D eigenvalue weighted by Gasteiger charge is -2.29. The quantitative estimate of drug-likeness (QED) is 0.728. The number of pyridine rings is 1. The van der Waals surface area contributed by atoms with Crippen LogP contribution >= 0.6 is 0 Å². The van der Waals surface area contributed by atoms with E-state index in [1.165, 1.54) is 12.5 Å². The summed E-state index contributed by atoms with van der Waals surface area (Å²) in [5, 5.41) is 1.11. The molecular weight excluding hydrogens is 364 g/mol. The standard InChI is InChI=1S/C19H22N4O3S/c1-23-12-19(21-13-23)27(24,25)22-15-4-6-16(7-5-15)26-17-8-9-18-14(11-17)3-2-10-20-18/h2-3,8-13,15-16,22H,4-7H2,1H3. The molecule has 1 saturated carbocycles. The average molecular weight is 386 g/mol. The predicted octanol–water partition coefficient (Wildman–Crippen LogP) is 2.64. The predicted molar refractivity (Wildman–Crippen MR) is 102 cm³/mol. The molecule has 8 heteroatoms. The number of aryl methyl sites for hydroxylation is 1. The maximum Gasteiger partial charge on any atom is 0.259 e. The Hall–Kier alpha value is -2.45. The van der Waals surface area contributed by atoms with Crippen LogP contribution in [0.2, 0.25) is 0 Å². The SMILES string of the molecule is Cn1cnc(S(=O)(=O)NC2CCC(Oc3ccc4ncccc4c3)CC2)c1. The van der Waals surface area contributed by atoms with Gasteiger partial charge in [-0.05, 0) is 49.9 Å². The van der Waals surface area contributed by atoms with Gasteiger partial charge in [0, 0.05) is 30.9 Å². The van der Waals surface area contributed by atoms with Crippen LogP contribution in [-0.4, -0.2) is 35.1 Å². The summed E-state index contributed by atoms with van der Waals surface area (Å²) < 4.78 is 35.3. The number of benzene rings is 1. The third-order valence-corrected chi connectivity index (χ3v) is 6.23. The molecule has 1 fully saturated rings. The Morgan fingerprint density at radius 3 is 2.70 bits per heavy atom. The Bertz CT molecular complexity index is 1040. The zero-order valence-electron chi connectivity index (χ0n) is 15.1. The molecule has 2 heterocycles. The number of fused-ring (bicyclic) bond motifs is 1. The van der Waals surface area contributed by atoms with Crippen LogP contribution in [0.25, 0.3) is 10.9 Å². The molecule has 0 spiro atoms. The van der Waals surface area contributed by atoms with E-state index in [-0.39, 0.29) is 17.2 Å². The summed E-state index contributed by atoms with van der Waals surface area (Å²) in [7, 11) is -1.82. The highest BCUT2D eigenvalue weighted by Gasteiger charge is 2.27. The van der Waals surface area contributed by atoms with Gasteiger partial charge in [0.2, 0.25) is 0 Å². The number of rotatable bonds is 5. The van der Waals surface area contributed by atoms with E-state index in [9.17, 15) is 8.42 Å². The molecule has 1 aliphatic rings. The van der Waals surface area contributed by atoms with E-state index in [0.717, 1.165) is 42.3 Å². The van der Waals surface area contributed by atoms with Crippen molar-refractivity contribution in [2.75, 3.05) is 0 Å². The summed E-state index contributed by atoms with van der Waals surface area (Å²) in [5.74, 6) is 0.827. The van der Waals surface area contributed by atoms with Gasteiger partial charge in [-0.2, -0.15) is 0 Å². The molecule has 0 bridgehead atoms. The molecule has 1 aromatic carbocycles. The summed E-state index contributed by atoms with van der Waals surface area (Å²) in [5.41, 5.74) is 0.942. The van der Waals surface area contributed by atoms with Crippen molar-refractivity contribution in [1.29, 1.82) is 0 Å². The highest BCUT2D eigenvalue weighted by Crippen LogP contribution is 2.26. The molecule has 0 radical (unpaired) electrons. The summed E-state index contributed by atoms with van der Waals surface area (Å²) in [6.45, 7) is 0. The van der Waals surface area contributed by atoms with E-state index in [1.54, 1.807) is 17.8 Å². The van der Waals surface area contributed by atoms with Gasteiger partial charge in [0.15, 0.2) is 5.03 Å². The lowest BCUT2D eigenvalue weighted by molar-refractivity contribution is 0.144. The van der Waals surface area contributed by atoms with Crippen LogP contribution in [0.15, 0.2) is 54.1 Å². The fraction of sp³-hybridized carbons (Fsp3) is 0.368. The number of ether oxygens (including phenoxy) is 1. The normalized spacial score (nSPS) is 20.6. The van der Waals surface area contributed by atoms with Crippen molar-refractivity contribution in [1.82, 2.24) is 19.3 Å². The van der Waals surface area contributed by atoms with Crippen molar-refractivity contribution in [2.45, 2.75) is 42.9 Å². The number of sulfonamides is 1. The number of hydrogen-bond donors (Lipinski definition) is 1. The molecule has 1 aliphatic carbocycles. The Morgan fingerprint density at radius 2 is 1.96 bits per heavy atom. The first-order chi connectivity index (χ1) is 13.0. The van der Waals surface area contributed by atoms with Gasteiger partial charge < -0.3 is 9.30 Å². The Kier molecular flexibility index (Phi) is 4.84. The van der Waals surface area contributed by atoms with E-state index in [0.29, 0.717) is 0 Å². The van der Waals surface area contributed by atoms with E-state index < -0.39 is 10.0 Å². The largest absolute Gasteiger partial charge is 0.490 e. The molecule has 0 amide bonds. The molecule has 0 saturated heterocycles. The molecule has 1 N–H and O–H groups in total. The molecular formula is C19H22N4O3S. The molecule has 0 atom stereocenters. The van der Waals surface area contributed by atoms with Gasteiger partial charge in [-0.3, -0.25) is 4.98 Å². The van der Waals surface area contributed by atoms with Gasteiger partial charge in [-0.1, -0.05) is 6.07 Å². The third-order valence-electron chi connectivity index (χ3n) is 4.83. The monoisotopic (exact) mass is 386 g/mol. The first-order valence-corrected chi connectivity index (χ1v) is 10.5. The number of imidazole rings is 1. The van der Waals surface area contributed by atoms with Crippen LogP contribution in [0.1, 0.15) is 25.7 Å². The summed E-state index contributed by atoms with van der Waals surface area (Å²) in [6.07, 6.45) is 7.95. The summed E-state index contributed by atoms with van der Waals surface area (Å²) >= 11 is 0. The summed E-state index contributed by atoms with van der Waals surface area (Å²) in [6, 6.07) is 9.72. The minimum absolute atomic E-state index is 0.0631. The highest BCUT2D eigenvalue weighted by molar-refractivity contribution is 7.89. The number of aromatic nitrogens is 3. The molecule has 142 valence electrons. The fourth-order valence-corrected chi connectivity index (χ4v) is 4.71. The van der Waals surface area contributed by atoms with E-state index in [2.05, 4.69) is 14.7 Å². The maximum absolute atomic E-state index is 12.4. The van der Waals surface area contributed by atoms with Crippen LogP contribution in [0.4, 0.5) is 0 Å². The first-order valence-electron chi connectivity index (χ1n) is 9.01. The number of nitrogens with one attached hydrogen (secondary N) is 1. The van der Waals surface area contributed by atoms with Gasteiger partial charge in [-0.25, -0.2) is 18.1 Å². The van der Waals surface area contributed by atoms with Crippen LogP contribution in [0.3, 0.4) is 0 Å². The van der Waals surface area contributed by atoms with E-state index in [1.807, 2.05) is 30.3 Å². The van der Waals surface area contributed by atoms with Gasteiger partial charge >= 0.3 is 0 Å². The fourth-order valence-electron chi connectivity index (χ4n) is 3.43. The van der Waals surface area contributed by atoms with Crippen molar-refractivity contribution in [3.63, 3.8) is 0 Å². The van der Waals surface area contributed by atoms with Crippen molar-refractivity contribution in [2.24, 2.45) is 7.05 Å². The van der Waals surface area contributed by atoms with Crippen LogP contribution < -0.4 is 9.46 Å². The van der Waals surface area contributed by atoms with Gasteiger partial charge in [0.1, 0.15) is 5.75 Å². The van der Waals surface area contributed by atoms with Gasteiger partial charge in [0.05, 0.1) is 17.9 Å². The average Bonchev–Trinajstić information content (AvgIpc) is 3.11. The minimum Gasteiger partial charge on any atom is -0.490 e. The van der Waals surface area contributed by atoms with Gasteiger partial charge in [0.25, 0.3) is 10.0 Å². The molecule has 27 heavy (non-hydrogen) atoms. The zero-order valence-corrected chi connectivity index (χ0v) is 15.9. The van der Waals surface area contributed by atoms with Crippen LogP contribution in [0, 0.1) is 0 Å². The second kappa shape index (κ2) is 7.28. The topological polar surface area (TPSA) is 86.1 Å². The zero-order chi connectivity index (χ0) is 18.9. The van der Waals surface area contributed by atoms with Crippen molar-refractivity contribution < 1.29 is 13.2 Å². The third kappa shape index (κ3) is 4.12. The molecule has 3 aromatic rings. The van der Waals surface area contributed by atoms with Crippen molar-refractivity contribution in [3.8, 4) is 5.75 Å². The molecule has 4 rings (SSSR count). The highest BCUT2D eigenvalue weighted by atomic mass is 32.2. The Labute approximate surface area is 158 Å². The van der Waals surface area contributed by atoms with E-state index >= 15 is 0 Å². The van der Waals surface area contributed by atoms with Crippen LogP contribution in [0.5, 0.6) is 5.75 Å². The number of nitrogens with zero attached hydrogens (tertiary/aromatic N) is 3. The Morgan fingerprint density at radius 1 is 1.15 bits per heavy atom. The molecule has 0 aliphatic heterocycles. The minimum atomic E-state index is -3.57. The first kappa shape index (κ1) is 17.9. The number of hydrogen-bond acceptors (Lipinski definition) is 5. The Balaban J connectivity index is 1.34. The second-order valence-electron chi connectivity index (χ2n) is 6.95. The second-order valence-corrected chi connectivity index (χ2v) is 8.61. The van der Waals surface area contributed by atoms with Crippen molar-refractivity contribution >= 4 is 20.9 Å². The smallest absolute Gasteiger partial charge is 0.259 e. The lowest BCUT2D eigenvalue weighted by atomic mass is 9.93.